The van der Waals surface area contributed by atoms with Crippen LogP contribution in [0.2, 0.25) is 0 Å². The van der Waals surface area contributed by atoms with Crippen LogP contribution in [-0.2, 0) is 0 Å². The van der Waals surface area contributed by atoms with E-state index in [4.69, 9.17) is 4.74 Å². The molecule has 1 rings (SSSR count). The van der Waals surface area contributed by atoms with E-state index in [9.17, 15) is 10.1 Å². The number of hydrogen-bond acceptors (Lipinski definition) is 4. The van der Waals surface area contributed by atoms with Crippen LogP contribution in [0.5, 0.6) is 5.75 Å². The van der Waals surface area contributed by atoms with Crippen molar-refractivity contribution < 1.29 is 9.66 Å². The Morgan fingerprint density at radius 1 is 0.913 bits per heavy atom. The van der Waals surface area contributed by atoms with Gasteiger partial charge in [0, 0.05) is 12.1 Å². The van der Waals surface area contributed by atoms with Crippen LogP contribution in [0.25, 0.3) is 0 Å². The van der Waals surface area contributed by atoms with Gasteiger partial charge in [-0.25, -0.2) is 0 Å². The summed E-state index contributed by atoms with van der Waals surface area (Å²) in [6.45, 7) is 1.88. The second-order valence-electron chi connectivity index (χ2n) is 6.23. The first-order chi connectivity index (χ1) is 11.1. The van der Waals surface area contributed by atoms with Crippen molar-refractivity contribution in [2.75, 3.05) is 27.2 Å². The normalized spacial score (nSPS) is 10.9. The van der Waals surface area contributed by atoms with Crippen molar-refractivity contribution in [2.24, 2.45) is 0 Å². The SMILES string of the molecule is CN(C)CCCCCCCCCCOc1ccc([N+](=O)[O-])cc1. The summed E-state index contributed by atoms with van der Waals surface area (Å²) in [6, 6.07) is 6.27. The van der Waals surface area contributed by atoms with Gasteiger partial charge in [0.05, 0.1) is 11.5 Å². The first-order valence-corrected chi connectivity index (χ1v) is 8.61. The van der Waals surface area contributed by atoms with Crippen molar-refractivity contribution in [3.63, 3.8) is 0 Å². The summed E-state index contributed by atoms with van der Waals surface area (Å²) < 4.78 is 5.60. The van der Waals surface area contributed by atoms with Crippen LogP contribution in [0, 0.1) is 10.1 Å². The topological polar surface area (TPSA) is 55.6 Å². The summed E-state index contributed by atoms with van der Waals surface area (Å²) in [7, 11) is 4.25. The van der Waals surface area contributed by atoms with Crippen LogP contribution in [-0.4, -0.2) is 37.1 Å². The highest BCUT2D eigenvalue weighted by Gasteiger charge is 2.04. The Labute approximate surface area is 139 Å². The van der Waals surface area contributed by atoms with Gasteiger partial charge in [-0.15, -0.1) is 0 Å². The third-order valence-corrected chi connectivity index (χ3v) is 3.82. The molecule has 0 unspecified atom stereocenters. The highest BCUT2D eigenvalue weighted by atomic mass is 16.6. The molecule has 0 amide bonds. The molecule has 0 aliphatic heterocycles. The van der Waals surface area contributed by atoms with Gasteiger partial charge >= 0.3 is 0 Å². The van der Waals surface area contributed by atoms with E-state index in [2.05, 4.69) is 19.0 Å². The molecule has 0 aromatic heterocycles. The van der Waals surface area contributed by atoms with Gasteiger partial charge in [0.25, 0.3) is 5.69 Å². The van der Waals surface area contributed by atoms with Crippen molar-refractivity contribution in [3.05, 3.63) is 34.4 Å². The number of nitrogens with zero attached hydrogens (tertiary/aromatic N) is 2. The Hall–Kier alpha value is -1.62. The van der Waals surface area contributed by atoms with Gasteiger partial charge in [-0.3, -0.25) is 10.1 Å². The van der Waals surface area contributed by atoms with Gasteiger partial charge in [0.1, 0.15) is 5.75 Å². The Morgan fingerprint density at radius 2 is 1.43 bits per heavy atom. The van der Waals surface area contributed by atoms with Crippen molar-refractivity contribution >= 4 is 5.69 Å². The molecule has 130 valence electrons. The summed E-state index contributed by atoms with van der Waals surface area (Å²) in [6.07, 6.45) is 10.1. The quantitative estimate of drug-likeness (QED) is 0.301. The maximum absolute atomic E-state index is 10.5. The molecule has 0 spiro atoms. The molecule has 23 heavy (non-hydrogen) atoms. The molecule has 0 aliphatic carbocycles. The van der Waals surface area contributed by atoms with E-state index in [1.807, 2.05) is 0 Å². The van der Waals surface area contributed by atoms with Crippen LogP contribution in [0.3, 0.4) is 0 Å². The molecule has 0 heterocycles. The number of non-ortho nitro benzene ring substituents is 1. The molecule has 0 atom stereocenters. The minimum atomic E-state index is -0.399. The summed E-state index contributed by atoms with van der Waals surface area (Å²) in [5.74, 6) is 0.705. The standard InChI is InChI=1S/C18H30N2O3/c1-19(2)15-9-7-5-3-4-6-8-10-16-23-18-13-11-17(12-14-18)20(21)22/h11-14H,3-10,15-16H2,1-2H3. The van der Waals surface area contributed by atoms with Gasteiger partial charge in [0.2, 0.25) is 0 Å². The molecule has 0 N–H and O–H groups in total. The molecule has 0 fully saturated rings. The van der Waals surface area contributed by atoms with E-state index in [-0.39, 0.29) is 5.69 Å². The third-order valence-electron chi connectivity index (χ3n) is 3.82. The zero-order valence-electron chi connectivity index (χ0n) is 14.5. The fourth-order valence-electron chi connectivity index (χ4n) is 2.44. The number of nitro benzene ring substituents is 1. The van der Waals surface area contributed by atoms with Gasteiger partial charge in [0.15, 0.2) is 0 Å². The Kier molecular flexibility index (Phi) is 10.0. The number of nitro groups is 1. The highest BCUT2D eigenvalue weighted by Crippen LogP contribution is 2.17. The summed E-state index contributed by atoms with van der Waals surface area (Å²) >= 11 is 0. The molecular weight excluding hydrogens is 292 g/mol. The first-order valence-electron chi connectivity index (χ1n) is 8.61. The van der Waals surface area contributed by atoms with Gasteiger partial charge < -0.3 is 9.64 Å². The molecule has 1 aromatic rings. The molecule has 0 bridgehead atoms. The molecular formula is C18H30N2O3. The summed E-state index contributed by atoms with van der Waals surface area (Å²) in [4.78, 5) is 12.4. The fraction of sp³-hybridized carbons (Fsp3) is 0.667. The smallest absolute Gasteiger partial charge is 0.269 e. The molecule has 0 saturated heterocycles. The number of ether oxygens (including phenoxy) is 1. The van der Waals surface area contributed by atoms with E-state index < -0.39 is 4.92 Å². The summed E-state index contributed by atoms with van der Waals surface area (Å²) in [5, 5.41) is 10.5. The minimum Gasteiger partial charge on any atom is -0.494 e. The zero-order chi connectivity index (χ0) is 16.9. The van der Waals surface area contributed by atoms with E-state index in [1.165, 1.54) is 63.6 Å². The molecule has 1 aromatic carbocycles. The van der Waals surface area contributed by atoms with Crippen LogP contribution < -0.4 is 4.74 Å². The van der Waals surface area contributed by atoms with E-state index in [0.717, 1.165) is 6.42 Å². The van der Waals surface area contributed by atoms with Crippen LogP contribution in [0.4, 0.5) is 5.69 Å². The number of hydrogen-bond donors (Lipinski definition) is 0. The average molecular weight is 322 g/mol. The zero-order valence-corrected chi connectivity index (χ0v) is 14.5. The van der Waals surface area contributed by atoms with E-state index in [1.54, 1.807) is 12.1 Å². The number of rotatable bonds is 13. The van der Waals surface area contributed by atoms with Gasteiger partial charge in [-0.2, -0.15) is 0 Å². The fourth-order valence-corrected chi connectivity index (χ4v) is 2.44. The third kappa shape index (κ3) is 9.89. The Morgan fingerprint density at radius 3 is 1.96 bits per heavy atom. The van der Waals surface area contributed by atoms with Crippen molar-refractivity contribution in [2.45, 2.75) is 51.4 Å². The van der Waals surface area contributed by atoms with E-state index in [0.29, 0.717) is 12.4 Å². The molecule has 5 heteroatoms. The molecule has 0 radical (unpaired) electrons. The Balaban J connectivity index is 1.92. The predicted octanol–water partition coefficient (Wildman–Crippen LogP) is 4.66. The number of unbranched alkanes of at least 4 members (excludes halogenated alkanes) is 7. The minimum absolute atomic E-state index is 0.0999. The van der Waals surface area contributed by atoms with Crippen LogP contribution >= 0.6 is 0 Å². The average Bonchev–Trinajstić information content (AvgIpc) is 2.52. The van der Waals surface area contributed by atoms with Crippen molar-refractivity contribution in [3.8, 4) is 5.75 Å². The van der Waals surface area contributed by atoms with Gasteiger partial charge in [-0.05, 0) is 45.6 Å². The highest BCUT2D eigenvalue weighted by molar-refractivity contribution is 5.35. The molecule has 0 aliphatic rings. The second-order valence-corrected chi connectivity index (χ2v) is 6.23. The lowest BCUT2D eigenvalue weighted by Crippen LogP contribution is -2.12. The van der Waals surface area contributed by atoms with Crippen LogP contribution in [0.1, 0.15) is 51.4 Å². The lowest BCUT2D eigenvalue weighted by atomic mass is 10.1. The summed E-state index contributed by atoms with van der Waals surface area (Å²) in [5.41, 5.74) is 0.0999. The van der Waals surface area contributed by atoms with Gasteiger partial charge in [-0.1, -0.05) is 38.5 Å². The second kappa shape index (κ2) is 11.9. The van der Waals surface area contributed by atoms with Crippen molar-refractivity contribution in [1.82, 2.24) is 4.90 Å². The lowest BCUT2D eigenvalue weighted by molar-refractivity contribution is -0.384. The van der Waals surface area contributed by atoms with Crippen LogP contribution in [0.15, 0.2) is 24.3 Å². The van der Waals surface area contributed by atoms with E-state index >= 15 is 0 Å². The first kappa shape index (κ1) is 19.4. The molecule has 5 nitrogen and oxygen atoms in total. The maximum Gasteiger partial charge on any atom is 0.269 e. The number of benzene rings is 1. The molecule has 0 saturated carbocycles. The monoisotopic (exact) mass is 322 g/mol. The lowest BCUT2D eigenvalue weighted by Gasteiger charge is -2.08. The predicted molar refractivity (Wildman–Crippen MR) is 94.1 cm³/mol. The van der Waals surface area contributed by atoms with Crippen molar-refractivity contribution in [1.29, 1.82) is 0 Å². The largest absolute Gasteiger partial charge is 0.494 e. The maximum atomic E-state index is 10.5. The Bertz CT molecular complexity index is 432.